The summed E-state index contributed by atoms with van der Waals surface area (Å²) in [5.41, 5.74) is 4.42. The largest absolute Gasteiger partial charge is 0.497 e. The van der Waals surface area contributed by atoms with Gasteiger partial charge in [0.1, 0.15) is 5.75 Å². The van der Waals surface area contributed by atoms with Crippen LogP contribution in [0, 0.1) is 13.8 Å². The molecule has 4 nitrogen and oxygen atoms in total. The third kappa shape index (κ3) is 4.62. The van der Waals surface area contributed by atoms with Crippen LogP contribution in [-0.4, -0.2) is 29.6 Å². The van der Waals surface area contributed by atoms with Crippen LogP contribution in [0.25, 0.3) is 10.2 Å². The van der Waals surface area contributed by atoms with Crippen molar-refractivity contribution in [3.63, 3.8) is 0 Å². The third-order valence-electron chi connectivity index (χ3n) is 4.48. The van der Waals surface area contributed by atoms with Gasteiger partial charge in [-0.25, -0.2) is 0 Å². The molecule has 3 rings (SSSR count). The van der Waals surface area contributed by atoms with E-state index in [2.05, 4.69) is 34.0 Å². The molecule has 0 spiro atoms. The van der Waals surface area contributed by atoms with E-state index < -0.39 is 0 Å². The van der Waals surface area contributed by atoms with Crippen molar-refractivity contribution in [3.8, 4) is 5.75 Å². The number of fused-ring (bicyclic) bond motifs is 1. The smallest absolute Gasteiger partial charge is 0.252 e. The molecule has 27 heavy (non-hydrogen) atoms. The van der Waals surface area contributed by atoms with Crippen molar-refractivity contribution in [1.82, 2.24) is 4.57 Å². The van der Waals surface area contributed by atoms with Crippen molar-refractivity contribution < 1.29 is 9.53 Å². The van der Waals surface area contributed by atoms with Crippen molar-refractivity contribution in [1.29, 1.82) is 0 Å². The van der Waals surface area contributed by atoms with Gasteiger partial charge in [0, 0.05) is 12.3 Å². The summed E-state index contributed by atoms with van der Waals surface area (Å²) in [6, 6.07) is 12.2. The summed E-state index contributed by atoms with van der Waals surface area (Å²) in [5, 5.41) is 0. The fraction of sp³-hybridized carbons (Fsp3) is 0.333. The van der Waals surface area contributed by atoms with Crippen LogP contribution >= 0.6 is 23.1 Å². The van der Waals surface area contributed by atoms with Crippen LogP contribution in [0.3, 0.4) is 0 Å². The number of benzene rings is 2. The molecule has 2 aromatic carbocycles. The van der Waals surface area contributed by atoms with E-state index >= 15 is 0 Å². The van der Waals surface area contributed by atoms with Gasteiger partial charge < -0.3 is 9.30 Å². The summed E-state index contributed by atoms with van der Waals surface area (Å²) in [7, 11) is 1.66. The number of carbonyl (C=O) groups excluding carboxylic acids is 1. The highest BCUT2D eigenvalue weighted by Gasteiger charge is 2.10. The average Bonchev–Trinajstić information content (AvgIpc) is 2.98. The van der Waals surface area contributed by atoms with Gasteiger partial charge in [-0.2, -0.15) is 16.8 Å². The molecular weight excluding hydrogens is 376 g/mol. The number of amides is 1. The number of thiazole rings is 1. The molecule has 0 unspecified atom stereocenters. The van der Waals surface area contributed by atoms with Gasteiger partial charge in [-0.05, 0) is 49.4 Å². The zero-order chi connectivity index (χ0) is 19.4. The minimum absolute atomic E-state index is 0.111. The van der Waals surface area contributed by atoms with Crippen LogP contribution in [0.15, 0.2) is 41.4 Å². The Morgan fingerprint density at radius 2 is 2.04 bits per heavy atom. The Morgan fingerprint density at radius 3 is 2.78 bits per heavy atom. The molecule has 1 heterocycles. The van der Waals surface area contributed by atoms with Crippen molar-refractivity contribution in [2.45, 2.75) is 26.8 Å². The number of carbonyl (C=O) groups is 1. The predicted octanol–water partition coefficient (Wildman–Crippen LogP) is 4.36. The van der Waals surface area contributed by atoms with Crippen molar-refractivity contribution in [2.75, 3.05) is 19.1 Å². The van der Waals surface area contributed by atoms with Gasteiger partial charge in [0.05, 0.1) is 23.7 Å². The second-order valence-corrected chi connectivity index (χ2v) is 8.47. The summed E-state index contributed by atoms with van der Waals surface area (Å²) in [6.07, 6.45) is 2.41. The van der Waals surface area contributed by atoms with Crippen LogP contribution in [0.5, 0.6) is 5.75 Å². The molecule has 6 heteroatoms. The maximum Gasteiger partial charge on any atom is 0.252 e. The molecule has 0 saturated heterocycles. The molecule has 0 aliphatic rings. The van der Waals surface area contributed by atoms with Crippen LogP contribution < -0.4 is 9.54 Å². The number of methoxy groups -OCH3 is 1. The van der Waals surface area contributed by atoms with Crippen LogP contribution in [0.2, 0.25) is 0 Å². The Balaban J connectivity index is 2.00. The Labute approximate surface area is 167 Å². The molecule has 0 aliphatic heterocycles. The third-order valence-corrected chi connectivity index (χ3v) is 6.11. The maximum atomic E-state index is 12.7. The fourth-order valence-corrected chi connectivity index (χ4v) is 4.43. The van der Waals surface area contributed by atoms with E-state index in [4.69, 9.17) is 4.74 Å². The second kappa shape index (κ2) is 8.76. The van der Waals surface area contributed by atoms with E-state index in [-0.39, 0.29) is 5.91 Å². The zero-order valence-electron chi connectivity index (χ0n) is 16.1. The molecule has 0 N–H and O–H groups in total. The first-order valence-corrected chi connectivity index (χ1v) is 11.0. The summed E-state index contributed by atoms with van der Waals surface area (Å²) in [4.78, 5) is 17.9. The van der Waals surface area contributed by atoms with Crippen LogP contribution in [-0.2, 0) is 17.8 Å². The molecule has 0 radical (unpaired) electrons. The summed E-state index contributed by atoms with van der Waals surface area (Å²) in [6.45, 7) is 4.90. The number of rotatable bonds is 6. The van der Waals surface area contributed by atoms with Crippen molar-refractivity contribution >= 4 is 39.2 Å². The van der Waals surface area contributed by atoms with Crippen LogP contribution in [0.1, 0.15) is 16.7 Å². The highest BCUT2D eigenvalue weighted by molar-refractivity contribution is 7.98. The van der Waals surface area contributed by atoms with Crippen LogP contribution in [0.4, 0.5) is 0 Å². The van der Waals surface area contributed by atoms with Gasteiger partial charge in [0.25, 0.3) is 5.91 Å². The number of aryl methyl sites for hydroxylation is 3. The van der Waals surface area contributed by atoms with Gasteiger partial charge in [0.2, 0.25) is 0 Å². The zero-order valence-corrected chi connectivity index (χ0v) is 17.7. The predicted molar refractivity (Wildman–Crippen MR) is 115 cm³/mol. The lowest BCUT2D eigenvalue weighted by molar-refractivity contribution is -0.117. The fourth-order valence-electron chi connectivity index (χ4n) is 2.96. The van der Waals surface area contributed by atoms with E-state index in [0.717, 1.165) is 49.8 Å². The minimum Gasteiger partial charge on any atom is -0.497 e. The minimum atomic E-state index is -0.111. The van der Waals surface area contributed by atoms with Gasteiger partial charge in [-0.1, -0.05) is 35.1 Å². The van der Waals surface area contributed by atoms with Gasteiger partial charge in [-0.3, -0.25) is 4.79 Å². The van der Waals surface area contributed by atoms with E-state index in [0.29, 0.717) is 6.42 Å². The number of ether oxygens (including phenoxy) is 1. The Hall–Kier alpha value is -2.05. The molecule has 0 bridgehead atoms. The normalized spacial score (nSPS) is 11.9. The first-order chi connectivity index (χ1) is 13.0. The van der Waals surface area contributed by atoms with Crippen molar-refractivity contribution in [3.05, 3.63) is 57.9 Å². The standard InChI is InChI=1S/C21H24N2O2S2/c1-14-5-6-15(2)16(11-14)12-20(24)22-21-23(9-10-26-4)18-8-7-17(25-3)13-19(18)27-21/h5-8,11,13H,9-10,12H2,1-4H3. The highest BCUT2D eigenvalue weighted by Crippen LogP contribution is 2.23. The van der Waals surface area contributed by atoms with E-state index in [1.165, 1.54) is 11.3 Å². The number of hydrogen-bond donors (Lipinski definition) is 0. The van der Waals surface area contributed by atoms with Gasteiger partial charge >= 0.3 is 0 Å². The lowest BCUT2D eigenvalue weighted by Crippen LogP contribution is -2.18. The summed E-state index contributed by atoms with van der Waals surface area (Å²) >= 11 is 3.32. The molecule has 0 atom stereocenters. The average molecular weight is 401 g/mol. The molecule has 0 aliphatic carbocycles. The lowest BCUT2D eigenvalue weighted by Gasteiger charge is -2.06. The van der Waals surface area contributed by atoms with E-state index in [9.17, 15) is 4.79 Å². The Morgan fingerprint density at radius 1 is 1.22 bits per heavy atom. The van der Waals surface area contributed by atoms with Crippen molar-refractivity contribution in [2.24, 2.45) is 4.99 Å². The Kier molecular flexibility index (Phi) is 6.39. The first kappa shape index (κ1) is 19.7. The molecule has 142 valence electrons. The summed E-state index contributed by atoms with van der Waals surface area (Å²) < 4.78 is 8.55. The molecule has 1 aromatic heterocycles. The molecule has 3 aromatic rings. The number of thioether (sulfide) groups is 1. The van der Waals surface area contributed by atoms with E-state index in [1.807, 2.05) is 32.0 Å². The first-order valence-electron chi connectivity index (χ1n) is 8.82. The monoisotopic (exact) mass is 400 g/mol. The van der Waals surface area contributed by atoms with Gasteiger partial charge in [-0.15, -0.1) is 0 Å². The Bertz CT molecular complexity index is 1030. The van der Waals surface area contributed by atoms with E-state index in [1.54, 1.807) is 18.9 Å². The quantitative estimate of drug-likeness (QED) is 0.617. The lowest BCUT2D eigenvalue weighted by atomic mass is 10.0. The molecular formula is C21H24N2O2S2. The number of aromatic nitrogens is 1. The number of nitrogens with zero attached hydrogens (tertiary/aromatic N) is 2. The molecule has 0 saturated carbocycles. The number of hydrogen-bond acceptors (Lipinski definition) is 4. The maximum absolute atomic E-state index is 12.7. The SMILES string of the molecule is COc1ccc2c(c1)sc(=NC(=O)Cc1cc(C)ccc1C)n2CCSC. The molecule has 0 fully saturated rings. The second-order valence-electron chi connectivity index (χ2n) is 6.47. The highest BCUT2D eigenvalue weighted by atomic mass is 32.2. The van der Waals surface area contributed by atoms with Gasteiger partial charge in [0.15, 0.2) is 4.80 Å². The topological polar surface area (TPSA) is 43.6 Å². The summed E-state index contributed by atoms with van der Waals surface area (Å²) in [5.74, 6) is 1.67. The molecule has 1 amide bonds.